The van der Waals surface area contributed by atoms with Gasteiger partial charge < -0.3 is 15.3 Å². The van der Waals surface area contributed by atoms with E-state index in [0.29, 0.717) is 35.0 Å². The number of fused-ring (bicyclic) bond motifs is 5. The predicted octanol–water partition coefficient (Wildman–Crippen LogP) is 4.48. The summed E-state index contributed by atoms with van der Waals surface area (Å²) in [6, 6.07) is 0. The minimum atomic E-state index is -0.677. The number of aliphatic hydroxyl groups is 2. The molecule has 0 aromatic rings. The van der Waals surface area contributed by atoms with Crippen molar-refractivity contribution in [3.63, 3.8) is 0 Å². The van der Waals surface area contributed by atoms with Gasteiger partial charge in [0.1, 0.15) is 0 Å². The molecule has 4 nitrogen and oxygen atoms in total. The fourth-order valence-electron chi connectivity index (χ4n) is 8.81. The van der Waals surface area contributed by atoms with Crippen molar-refractivity contribution >= 4 is 5.97 Å². The molecular formula is C24H40O4. The highest BCUT2D eigenvalue weighted by atomic mass is 16.4. The topological polar surface area (TPSA) is 77.8 Å². The average Bonchev–Trinajstić information content (AvgIpc) is 2.99. The molecule has 0 bridgehead atoms. The third kappa shape index (κ3) is 3.14. The minimum absolute atomic E-state index is 0.176. The lowest BCUT2D eigenvalue weighted by Crippen LogP contribution is -2.58. The molecule has 4 rings (SSSR count). The Balaban J connectivity index is 1.55. The van der Waals surface area contributed by atoms with Crippen LogP contribution in [0.5, 0.6) is 0 Å². The van der Waals surface area contributed by atoms with E-state index in [0.717, 1.165) is 32.1 Å². The van der Waals surface area contributed by atoms with Crippen LogP contribution in [0.25, 0.3) is 0 Å². The van der Waals surface area contributed by atoms with Crippen molar-refractivity contribution in [3.05, 3.63) is 0 Å². The van der Waals surface area contributed by atoms with Gasteiger partial charge in [0, 0.05) is 6.42 Å². The number of carboxylic acid groups (broad SMARTS) is 1. The number of carboxylic acids is 1. The maximum atomic E-state index is 11.1. The maximum Gasteiger partial charge on any atom is 0.303 e. The molecule has 0 saturated heterocycles. The highest BCUT2D eigenvalue weighted by molar-refractivity contribution is 5.66. The van der Waals surface area contributed by atoms with Gasteiger partial charge >= 0.3 is 5.97 Å². The molecular weight excluding hydrogens is 352 g/mol. The van der Waals surface area contributed by atoms with Crippen LogP contribution < -0.4 is 0 Å². The molecule has 0 unspecified atom stereocenters. The van der Waals surface area contributed by atoms with E-state index < -0.39 is 5.97 Å². The quantitative estimate of drug-likeness (QED) is 0.659. The smallest absolute Gasteiger partial charge is 0.303 e. The second-order valence-electron chi connectivity index (χ2n) is 11.4. The first kappa shape index (κ1) is 20.7. The Labute approximate surface area is 170 Å². The van der Waals surface area contributed by atoms with E-state index in [1.165, 1.54) is 25.7 Å². The summed E-state index contributed by atoms with van der Waals surface area (Å²) < 4.78 is 0. The zero-order valence-corrected chi connectivity index (χ0v) is 17.9. The molecule has 4 aliphatic rings. The van der Waals surface area contributed by atoms with Crippen molar-refractivity contribution in [1.82, 2.24) is 0 Å². The molecule has 3 N–H and O–H groups in total. The van der Waals surface area contributed by atoms with Crippen LogP contribution in [0, 0.1) is 46.3 Å². The molecule has 160 valence electrons. The molecule has 28 heavy (non-hydrogen) atoms. The van der Waals surface area contributed by atoms with Gasteiger partial charge in [-0.05, 0) is 104 Å². The largest absolute Gasteiger partial charge is 0.481 e. The van der Waals surface area contributed by atoms with E-state index in [-0.39, 0.29) is 30.0 Å². The van der Waals surface area contributed by atoms with Crippen LogP contribution >= 0.6 is 0 Å². The van der Waals surface area contributed by atoms with Gasteiger partial charge in [-0.3, -0.25) is 4.79 Å². The molecule has 0 heterocycles. The van der Waals surface area contributed by atoms with Crippen molar-refractivity contribution in [3.8, 4) is 0 Å². The normalized spacial score (nSPS) is 51.7. The van der Waals surface area contributed by atoms with Gasteiger partial charge in [0.25, 0.3) is 0 Å². The minimum Gasteiger partial charge on any atom is -0.481 e. The molecule has 0 aliphatic heterocycles. The van der Waals surface area contributed by atoms with Crippen molar-refractivity contribution in [2.45, 2.75) is 97.2 Å². The van der Waals surface area contributed by atoms with Crippen molar-refractivity contribution in [1.29, 1.82) is 0 Å². The van der Waals surface area contributed by atoms with E-state index >= 15 is 0 Å². The molecule has 0 amide bonds. The maximum absolute atomic E-state index is 11.1. The fourth-order valence-corrected chi connectivity index (χ4v) is 8.81. The van der Waals surface area contributed by atoms with E-state index in [4.69, 9.17) is 5.11 Å². The Bertz CT molecular complexity index is 605. The molecule has 4 saturated carbocycles. The first-order valence-corrected chi connectivity index (χ1v) is 11.7. The number of hydrogen-bond acceptors (Lipinski definition) is 3. The van der Waals surface area contributed by atoms with Gasteiger partial charge in [-0.2, -0.15) is 0 Å². The molecule has 0 aromatic heterocycles. The second kappa shape index (κ2) is 7.27. The summed E-state index contributed by atoms with van der Waals surface area (Å²) in [5, 5.41) is 30.4. The molecule has 4 fully saturated rings. The summed E-state index contributed by atoms with van der Waals surface area (Å²) in [7, 11) is 0. The average molecular weight is 393 g/mol. The van der Waals surface area contributed by atoms with Crippen molar-refractivity contribution < 1.29 is 20.1 Å². The number of hydrogen-bond donors (Lipinski definition) is 3. The van der Waals surface area contributed by atoms with E-state index in [1.807, 2.05) is 0 Å². The molecule has 0 radical (unpaired) electrons. The van der Waals surface area contributed by atoms with Crippen LogP contribution in [0.4, 0.5) is 0 Å². The van der Waals surface area contributed by atoms with Crippen LogP contribution in [-0.2, 0) is 4.79 Å². The fraction of sp³-hybridized carbons (Fsp3) is 0.958. The van der Waals surface area contributed by atoms with Gasteiger partial charge in [0.2, 0.25) is 0 Å². The molecule has 4 aliphatic carbocycles. The number of aliphatic carboxylic acids is 1. The van der Waals surface area contributed by atoms with Gasteiger partial charge in [-0.15, -0.1) is 0 Å². The highest BCUT2D eigenvalue weighted by Crippen LogP contribution is 2.68. The van der Waals surface area contributed by atoms with Crippen LogP contribution in [0.15, 0.2) is 0 Å². The van der Waals surface area contributed by atoms with E-state index in [1.54, 1.807) is 0 Å². The number of rotatable bonds is 4. The Morgan fingerprint density at radius 3 is 2.36 bits per heavy atom. The lowest BCUT2D eigenvalue weighted by atomic mass is 9.44. The third-order valence-electron chi connectivity index (χ3n) is 10.2. The second-order valence-corrected chi connectivity index (χ2v) is 11.4. The van der Waals surface area contributed by atoms with E-state index in [9.17, 15) is 15.0 Å². The molecule has 0 aromatic carbocycles. The highest BCUT2D eigenvalue weighted by Gasteiger charge is 2.62. The number of carbonyl (C=O) groups is 1. The van der Waals surface area contributed by atoms with Gasteiger partial charge in [-0.25, -0.2) is 0 Å². The van der Waals surface area contributed by atoms with Crippen LogP contribution in [-0.4, -0.2) is 33.5 Å². The zero-order valence-electron chi connectivity index (χ0n) is 17.9. The Hall–Kier alpha value is -0.610. The summed E-state index contributed by atoms with van der Waals surface area (Å²) in [6.07, 6.45) is 9.16. The predicted molar refractivity (Wildman–Crippen MR) is 109 cm³/mol. The van der Waals surface area contributed by atoms with E-state index in [2.05, 4.69) is 20.8 Å². The zero-order chi connectivity index (χ0) is 20.3. The van der Waals surface area contributed by atoms with Crippen molar-refractivity contribution in [2.24, 2.45) is 46.3 Å². The number of aliphatic hydroxyl groups excluding tert-OH is 2. The molecule has 10 atom stereocenters. The Kier molecular flexibility index (Phi) is 5.36. The summed E-state index contributed by atoms with van der Waals surface area (Å²) in [4.78, 5) is 11.1. The summed E-state index contributed by atoms with van der Waals surface area (Å²) in [5.41, 5.74) is 0.478. The van der Waals surface area contributed by atoms with Gasteiger partial charge in [0.05, 0.1) is 12.2 Å². The first-order valence-electron chi connectivity index (χ1n) is 11.7. The third-order valence-corrected chi connectivity index (χ3v) is 10.2. The summed E-state index contributed by atoms with van der Waals surface area (Å²) in [5.74, 6) is 2.61. The van der Waals surface area contributed by atoms with Crippen LogP contribution in [0.2, 0.25) is 0 Å². The van der Waals surface area contributed by atoms with Crippen molar-refractivity contribution in [2.75, 3.05) is 0 Å². The Morgan fingerprint density at radius 2 is 1.64 bits per heavy atom. The monoisotopic (exact) mass is 392 g/mol. The molecule has 4 heteroatoms. The van der Waals surface area contributed by atoms with Gasteiger partial charge in [-0.1, -0.05) is 20.8 Å². The summed E-state index contributed by atoms with van der Waals surface area (Å²) in [6.45, 7) is 7.16. The Morgan fingerprint density at radius 1 is 0.964 bits per heavy atom. The lowest BCUT2D eigenvalue weighted by molar-refractivity contribution is -0.172. The summed E-state index contributed by atoms with van der Waals surface area (Å²) >= 11 is 0. The van der Waals surface area contributed by atoms with Crippen LogP contribution in [0.3, 0.4) is 0 Å². The SMILES string of the molecule is C[C@H](CCC(=O)O)[C@H]1CC[C@H]2[C@@H]3C[C@H](O)[C@H]4C[C@@H](O)CC[C@]4(C)[C@H]3CC[C@]12C. The standard InChI is InChI=1S/C24H40O4/c1-14(4-7-22(27)28)17-5-6-18-16-13-21(26)20-12-15(25)8-10-24(20,3)19(16)9-11-23(17,18)2/h14-21,25-26H,4-13H2,1-3H3,(H,27,28)/t14-,15+,16+,17-,18+,19+,20-,21+,23-,24-/m1/s1. The van der Waals surface area contributed by atoms with Crippen LogP contribution in [0.1, 0.15) is 85.0 Å². The van der Waals surface area contributed by atoms with Gasteiger partial charge in [0.15, 0.2) is 0 Å². The first-order chi connectivity index (χ1) is 13.2. The lowest BCUT2D eigenvalue weighted by Gasteiger charge is -2.62. The molecule has 0 spiro atoms.